The van der Waals surface area contributed by atoms with E-state index in [9.17, 15) is 0 Å². The molecule has 19 heavy (non-hydrogen) atoms. The van der Waals surface area contributed by atoms with Crippen LogP contribution in [0.15, 0.2) is 24.3 Å². The van der Waals surface area contributed by atoms with E-state index in [1.807, 2.05) is 0 Å². The van der Waals surface area contributed by atoms with Crippen molar-refractivity contribution in [2.45, 2.75) is 57.3 Å². The second-order valence-corrected chi connectivity index (χ2v) is 6.63. The number of rotatable bonds is 2. The Morgan fingerprint density at radius 2 is 1.58 bits per heavy atom. The molecule has 0 amide bonds. The van der Waals surface area contributed by atoms with Crippen molar-refractivity contribution < 1.29 is 0 Å². The van der Waals surface area contributed by atoms with Crippen LogP contribution < -0.4 is 5.32 Å². The van der Waals surface area contributed by atoms with E-state index < -0.39 is 0 Å². The summed E-state index contributed by atoms with van der Waals surface area (Å²) in [6, 6.07) is 9.28. The fourth-order valence-electron chi connectivity index (χ4n) is 3.94. The van der Waals surface area contributed by atoms with Gasteiger partial charge in [-0.25, -0.2) is 0 Å². The van der Waals surface area contributed by atoms with Gasteiger partial charge in [0.15, 0.2) is 0 Å². The summed E-state index contributed by atoms with van der Waals surface area (Å²) >= 11 is 0. The van der Waals surface area contributed by atoms with Crippen molar-refractivity contribution >= 4 is 0 Å². The Kier molecular flexibility index (Phi) is 4.22. The third-order valence-electron chi connectivity index (χ3n) is 5.19. The van der Waals surface area contributed by atoms with E-state index in [-0.39, 0.29) is 0 Å². The highest BCUT2D eigenvalue weighted by molar-refractivity contribution is 5.34. The Balaban J connectivity index is 1.80. The van der Waals surface area contributed by atoms with E-state index in [0.717, 1.165) is 17.8 Å². The quantitative estimate of drug-likeness (QED) is 0.825. The van der Waals surface area contributed by atoms with Gasteiger partial charge in [-0.15, -0.1) is 0 Å². The molecule has 3 rings (SSSR count). The van der Waals surface area contributed by atoms with Crippen molar-refractivity contribution in [1.29, 1.82) is 0 Å². The summed E-state index contributed by atoms with van der Waals surface area (Å²) in [6.45, 7) is 4.80. The predicted molar refractivity (Wildman–Crippen MR) is 81.7 cm³/mol. The molecule has 1 aromatic rings. The maximum Gasteiger partial charge on any atom is 0.00202 e. The fourth-order valence-corrected chi connectivity index (χ4v) is 3.94. The molecular formula is C18H27N. The Morgan fingerprint density at radius 1 is 0.895 bits per heavy atom. The number of benzene rings is 1. The molecule has 1 unspecified atom stereocenters. The highest BCUT2D eigenvalue weighted by Gasteiger charge is 2.25. The number of piperidine rings is 1. The first-order valence-electron chi connectivity index (χ1n) is 8.14. The molecule has 104 valence electrons. The van der Waals surface area contributed by atoms with Gasteiger partial charge in [-0.1, -0.05) is 44.0 Å². The zero-order valence-corrected chi connectivity index (χ0v) is 12.2. The summed E-state index contributed by atoms with van der Waals surface area (Å²) in [7, 11) is 0. The van der Waals surface area contributed by atoms with Gasteiger partial charge in [0.1, 0.15) is 0 Å². The van der Waals surface area contributed by atoms with Crippen LogP contribution >= 0.6 is 0 Å². The fraction of sp³-hybridized carbons (Fsp3) is 0.667. The zero-order chi connectivity index (χ0) is 13.1. The number of hydrogen-bond acceptors (Lipinski definition) is 1. The van der Waals surface area contributed by atoms with Crippen LogP contribution in [0.4, 0.5) is 0 Å². The Hall–Kier alpha value is -0.820. The normalized spacial score (nSPS) is 32.2. The lowest BCUT2D eigenvalue weighted by atomic mass is 9.75. The van der Waals surface area contributed by atoms with Gasteiger partial charge in [0.25, 0.3) is 0 Å². The number of nitrogens with one attached hydrogen (secondary N) is 1. The van der Waals surface area contributed by atoms with Gasteiger partial charge in [-0.3, -0.25) is 0 Å². The molecule has 1 saturated carbocycles. The lowest BCUT2D eigenvalue weighted by Gasteiger charge is -2.31. The topological polar surface area (TPSA) is 12.0 Å². The van der Waals surface area contributed by atoms with E-state index in [0.29, 0.717) is 0 Å². The zero-order valence-electron chi connectivity index (χ0n) is 12.2. The molecule has 0 aromatic heterocycles. The molecule has 1 nitrogen and oxygen atoms in total. The second-order valence-electron chi connectivity index (χ2n) is 6.63. The van der Waals surface area contributed by atoms with Crippen molar-refractivity contribution in [2.75, 3.05) is 13.1 Å². The molecule has 1 aliphatic carbocycles. The van der Waals surface area contributed by atoms with E-state index in [4.69, 9.17) is 0 Å². The number of hydrogen-bond donors (Lipinski definition) is 1. The Labute approximate surface area is 117 Å². The van der Waals surface area contributed by atoms with Crippen LogP contribution in [0, 0.1) is 5.92 Å². The average molecular weight is 257 g/mol. The van der Waals surface area contributed by atoms with Crippen molar-refractivity contribution in [2.24, 2.45) is 5.92 Å². The van der Waals surface area contributed by atoms with E-state index in [2.05, 4.69) is 36.5 Å². The summed E-state index contributed by atoms with van der Waals surface area (Å²) in [5.74, 6) is 2.53. The molecule has 1 heteroatoms. The van der Waals surface area contributed by atoms with Crippen molar-refractivity contribution in [1.82, 2.24) is 5.32 Å². The summed E-state index contributed by atoms with van der Waals surface area (Å²) in [6.07, 6.45) is 8.34. The van der Waals surface area contributed by atoms with Gasteiger partial charge >= 0.3 is 0 Å². The second kappa shape index (κ2) is 6.09. The van der Waals surface area contributed by atoms with Gasteiger partial charge in [0, 0.05) is 6.54 Å². The molecule has 1 aromatic carbocycles. The van der Waals surface area contributed by atoms with Gasteiger partial charge in [-0.05, 0) is 61.1 Å². The van der Waals surface area contributed by atoms with Crippen LogP contribution in [0.2, 0.25) is 0 Å². The molecule has 1 atom stereocenters. The van der Waals surface area contributed by atoms with Crippen LogP contribution in [0.5, 0.6) is 0 Å². The molecule has 0 spiro atoms. The SMILES string of the molecule is CC1CCC(c2ccccc2C2CCCNC2)CC1. The first-order chi connectivity index (χ1) is 9.34. The monoisotopic (exact) mass is 257 g/mol. The third kappa shape index (κ3) is 3.02. The molecule has 0 bridgehead atoms. The molecule has 2 aliphatic rings. The maximum absolute atomic E-state index is 3.57. The van der Waals surface area contributed by atoms with Gasteiger partial charge in [-0.2, -0.15) is 0 Å². The highest BCUT2D eigenvalue weighted by Crippen LogP contribution is 2.39. The van der Waals surface area contributed by atoms with Crippen LogP contribution in [-0.2, 0) is 0 Å². The van der Waals surface area contributed by atoms with E-state index in [1.54, 1.807) is 11.1 Å². The lowest BCUT2D eigenvalue weighted by molar-refractivity contribution is 0.344. The smallest absolute Gasteiger partial charge is 0.00202 e. The minimum atomic E-state index is 0.754. The molecular weight excluding hydrogens is 230 g/mol. The largest absolute Gasteiger partial charge is 0.316 e. The molecule has 1 aliphatic heterocycles. The minimum Gasteiger partial charge on any atom is -0.316 e. The predicted octanol–water partition coefficient (Wildman–Crippen LogP) is 4.45. The Bertz CT molecular complexity index is 398. The first kappa shape index (κ1) is 13.2. The summed E-state index contributed by atoms with van der Waals surface area (Å²) < 4.78 is 0. The van der Waals surface area contributed by atoms with Crippen LogP contribution in [0.1, 0.15) is 68.4 Å². The van der Waals surface area contributed by atoms with Crippen LogP contribution in [0.25, 0.3) is 0 Å². The van der Waals surface area contributed by atoms with Crippen LogP contribution in [-0.4, -0.2) is 13.1 Å². The van der Waals surface area contributed by atoms with Gasteiger partial charge in [0.05, 0.1) is 0 Å². The third-order valence-corrected chi connectivity index (χ3v) is 5.19. The molecule has 1 saturated heterocycles. The summed E-state index contributed by atoms with van der Waals surface area (Å²) in [5.41, 5.74) is 3.32. The van der Waals surface area contributed by atoms with E-state index in [1.165, 1.54) is 51.6 Å². The average Bonchev–Trinajstić information content (AvgIpc) is 2.49. The van der Waals surface area contributed by atoms with Crippen LogP contribution in [0.3, 0.4) is 0 Å². The molecule has 1 heterocycles. The molecule has 0 radical (unpaired) electrons. The molecule has 1 N–H and O–H groups in total. The van der Waals surface area contributed by atoms with Crippen molar-refractivity contribution in [3.8, 4) is 0 Å². The van der Waals surface area contributed by atoms with Gasteiger partial charge in [0.2, 0.25) is 0 Å². The molecule has 2 fully saturated rings. The van der Waals surface area contributed by atoms with Crippen molar-refractivity contribution in [3.05, 3.63) is 35.4 Å². The van der Waals surface area contributed by atoms with Gasteiger partial charge < -0.3 is 5.32 Å². The van der Waals surface area contributed by atoms with Crippen molar-refractivity contribution in [3.63, 3.8) is 0 Å². The lowest BCUT2D eigenvalue weighted by Crippen LogP contribution is -2.29. The Morgan fingerprint density at radius 3 is 2.21 bits per heavy atom. The maximum atomic E-state index is 3.57. The highest BCUT2D eigenvalue weighted by atomic mass is 14.9. The summed E-state index contributed by atoms with van der Waals surface area (Å²) in [4.78, 5) is 0. The van der Waals surface area contributed by atoms with E-state index >= 15 is 0 Å². The summed E-state index contributed by atoms with van der Waals surface area (Å²) in [5, 5.41) is 3.57. The minimum absolute atomic E-state index is 0.754. The standard InChI is InChI=1S/C18H27N/c1-14-8-10-15(11-9-14)17-6-2-3-7-18(17)16-5-4-12-19-13-16/h2-3,6-7,14-16,19H,4-5,8-13H2,1H3. The first-order valence-corrected chi connectivity index (χ1v) is 8.14.